The zero-order valence-corrected chi connectivity index (χ0v) is 15.7. The predicted molar refractivity (Wildman–Crippen MR) is 97.7 cm³/mol. The summed E-state index contributed by atoms with van der Waals surface area (Å²) in [5, 5.41) is 4.05. The van der Waals surface area contributed by atoms with Crippen LogP contribution in [0.5, 0.6) is 0 Å². The van der Waals surface area contributed by atoms with Crippen molar-refractivity contribution in [3.8, 4) is 0 Å². The van der Waals surface area contributed by atoms with Crippen LogP contribution in [-0.4, -0.2) is 58.0 Å². The van der Waals surface area contributed by atoms with Gasteiger partial charge in [-0.05, 0) is 47.6 Å². The smallest absolute Gasteiger partial charge is 0.240 e. The number of hydrogen-bond acceptors (Lipinski definition) is 5. The van der Waals surface area contributed by atoms with Crippen LogP contribution in [0.2, 0.25) is 0 Å². The number of nitrogens with zero attached hydrogens (tertiary/aromatic N) is 2. The van der Waals surface area contributed by atoms with Crippen LogP contribution < -0.4 is 4.72 Å². The van der Waals surface area contributed by atoms with Gasteiger partial charge in [0, 0.05) is 38.8 Å². The molecule has 1 saturated heterocycles. The van der Waals surface area contributed by atoms with Gasteiger partial charge in [0.1, 0.15) is 5.82 Å². The molecular weight excluding hydrogens is 361 g/mol. The minimum absolute atomic E-state index is 0.0247. The van der Waals surface area contributed by atoms with Crippen LogP contribution in [0.4, 0.5) is 4.39 Å². The molecule has 0 amide bonds. The SMILES string of the molecule is CN1CCN([C@@H](CNS(=O)(=O)c2cccc(F)c2)c2ccsc2)CC1. The maximum Gasteiger partial charge on any atom is 0.240 e. The van der Waals surface area contributed by atoms with E-state index in [1.54, 1.807) is 11.3 Å². The van der Waals surface area contributed by atoms with Crippen molar-refractivity contribution in [2.75, 3.05) is 39.8 Å². The Balaban J connectivity index is 1.74. The third-order valence-electron chi connectivity index (χ3n) is 4.48. The van der Waals surface area contributed by atoms with Crippen molar-refractivity contribution in [1.82, 2.24) is 14.5 Å². The second-order valence-corrected chi connectivity index (χ2v) is 8.77. The summed E-state index contributed by atoms with van der Waals surface area (Å²) in [5.41, 5.74) is 1.11. The molecule has 1 aromatic carbocycles. The Morgan fingerprint density at radius 3 is 2.64 bits per heavy atom. The Hall–Kier alpha value is -1.32. The maximum atomic E-state index is 13.3. The highest BCUT2D eigenvalue weighted by molar-refractivity contribution is 7.89. The third-order valence-corrected chi connectivity index (χ3v) is 6.60. The van der Waals surface area contributed by atoms with E-state index in [4.69, 9.17) is 0 Å². The Morgan fingerprint density at radius 1 is 1.24 bits per heavy atom. The lowest BCUT2D eigenvalue weighted by Gasteiger charge is -2.37. The van der Waals surface area contributed by atoms with Crippen molar-refractivity contribution in [3.05, 3.63) is 52.5 Å². The summed E-state index contributed by atoms with van der Waals surface area (Å²) in [6.45, 7) is 3.95. The van der Waals surface area contributed by atoms with Crippen LogP contribution in [0.25, 0.3) is 0 Å². The van der Waals surface area contributed by atoms with Crippen molar-refractivity contribution in [1.29, 1.82) is 0 Å². The van der Waals surface area contributed by atoms with Gasteiger partial charge in [-0.2, -0.15) is 11.3 Å². The molecule has 25 heavy (non-hydrogen) atoms. The van der Waals surface area contributed by atoms with E-state index in [1.165, 1.54) is 18.2 Å². The molecule has 2 aromatic rings. The summed E-state index contributed by atoms with van der Waals surface area (Å²) in [6.07, 6.45) is 0. The zero-order chi connectivity index (χ0) is 17.9. The van der Waals surface area contributed by atoms with Gasteiger partial charge < -0.3 is 4.90 Å². The first-order chi connectivity index (χ1) is 12.0. The van der Waals surface area contributed by atoms with Crippen LogP contribution in [0.1, 0.15) is 11.6 Å². The molecule has 0 spiro atoms. The average Bonchev–Trinajstić information content (AvgIpc) is 3.11. The number of hydrogen-bond donors (Lipinski definition) is 1. The standard InChI is InChI=1S/C17H22FN3O2S2/c1-20-6-8-21(9-7-20)17(14-5-10-24-13-14)12-19-25(22,23)16-4-2-3-15(18)11-16/h2-5,10-11,13,17,19H,6-9,12H2,1H3/t17-/m0/s1. The second-order valence-electron chi connectivity index (χ2n) is 6.22. The van der Waals surface area contributed by atoms with E-state index in [0.717, 1.165) is 37.8 Å². The van der Waals surface area contributed by atoms with Crippen LogP contribution >= 0.6 is 11.3 Å². The minimum atomic E-state index is -3.74. The maximum absolute atomic E-state index is 13.3. The second kappa shape index (κ2) is 7.92. The summed E-state index contributed by atoms with van der Waals surface area (Å²) < 4.78 is 41.0. The quantitative estimate of drug-likeness (QED) is 0.831. The fourth-order valence-corrected chi connectivity index (χ4v) is 4.74. The van der Waals surface area contributed by atoms with Gasteiger partial charge in [-0.15, -0.1) is 0 Å². The summed E-state index contributed by atoms with van der Waals surface area (Å²) in [7, 11) is -1.66. The normalized spacial score (nSPS) is 18.3. The van der Waals surface area contributed by atoms with Gasteiger partial charge in [-0.1, -0.05) is 6.07 Å². The molecule has 1 aliphatic heterocycles. The number of likely N-dealkylation sites (N-methyl/N-ethyl adjacent to an activating group) is 1. The Morgan fingerprint density at radius 2 is 2.00 bits per heavy atom. The van der Waals surface area contributed by atoms with E-state index < -0.39 is 15.8 Å². The first-order valence-corrected chi connectivity index (χ1v) is 10.6. The van der Waals surface area contributed by atoms with Crippen molar-refractivity contribution < 1.29 is 12.8 Å². The van der Waals surface area contributed by atoms with Crippen molar-refractivity contribution in [2.45, 2.75) is 10.9 Å². The number of nitrogens with one attached hydrogen (secondary N) is 1. The molecule has 3 rings (SSSR count). The summed E-state index contributed by atoms with van der Waals surface area (Å²) in [5.74, 6) is -0.559. The molecule has 5 nitrogen and oxygen atoms in total. The molecule has 1 aromatic heterocycles. The molecular formula is C17H22FN3O2S2. The number of sulfonamides is 1. The van der Waals surface area contributed by atoms with Crippen LogP contribution in [0, 0.1) is 5.82 Å². The van der Waals surface area contributed by atoms with E-state index in [-0.39, 0.29) is 17.5 Å². The molecule has 1 N–H and O–H groups in total. The third kappa shape index (κ3) is 4.65. The minimum Gasteiger partial charge on any atom is -0.304 e. The molecule has 136 valence electrons. The van der Waals surface area contributed by atoms with Gasteiger partial charge in [0.15, 0.2) is 0 Å². The highest BCUT2D eigenvalue weighted by atomic mass is 32.2. The number of thiophene rings is 1. The molecule has 0 bridgehead atoms. The summed E-state index contributed by atoms with van der Waals surface area (Å²) in [6, 6.07) is 7.09. The Labute approximate surface area is 152 Å². The highest BCUT2D eigenvalue weighted by Gasteiger charge is 2.26. The molecule has 1 atom stereocenters. The molecule has 2 heterocycles. The van der Waals surface area contributed by atoms with Gasteiger partial charge in [0.05, 0.1) is 4.90 Å². The predicted octanol–water partition coefficient (Wildman–Crippen LogP) is 2.15. The number of rotatable bonds is 6. The number of piperazine rings is 1. The van der Waals surface area contributed by atoms with E-state index in [2.05, 4.69) is 26.9 Å². The molecule has 1 fully saturated rings. The highest BCUT2D eigenvalue weighted by Crippen LogP contribution is 2.24. The fourth-order valence-electron chi connectivity index (χ4n) is 2.96. The first-order valence-electron chi connectivity index (χ1n) is 8.15. The van der Waals surface area contributed by atoms with Gasteiger partial charge >= 0.3 is 0 Å². The van der Waals surface area contributed by atoms with Gasteiger partial charge in [-0.25, -0.2) is 17.5 Å². The van der Waals surface area contributed by atoms with Crippen molar-refractivity contribution in [3.63, 3.8) is 0 Å². The first kappa shape index (κ1) is 18.5. The van der Waals surface area contributed by atoms with Gasteiger partial charge in [0.25, 0.3) is 0 Å². The average molecular weight is 384 g/mol. The number of benzene rings is 1. The lowest BCUT2D eigenvalue weighted by Crippen LogP contribution is -2.48. The lowest BCUT2D eigenvalue weighted by molar-refractivity contribution is 0.113. The van der Waals surface area contributed by atoms with Crippen molar-refractivity contribution >= 4 is 21.4 Å². The number of halogens is 1. The van der Waals surface area contributed by atoms with E-state index in [9.17, 15) is 12.8 Å². The molecule has 1 aliphatic rings. The van der Waals surface area contributed by atoms with E-state index >= 15 is 0 Å². The largest absolute Gasteiger partial charge is 0.304 e. The van der Waals surface area contributed by atoms with Gasteiger partial charge in [-0.3, -0.25) is 4.90 Å². The Kier molecular flexibility index (Phi) is 5.85. The van der Waals surface area contributed by atoms with Crippen LogP contribution in [0.15, 0.2) is 46.0 Å². The topological polar surface area (TPSA) is 52.6 Å². The molecule has 0 radical (unpaired) electrons. The van der Waals surface area contributed by atoms with Crippen LogP contribution in [0.3, 0.4) is 0 Å². The lowest BCUT2D eigenvalue weighted by atomic mass is 10.1. The fraction of sp³-hybridized carbons (Fsp3) is 0.412. The van der Waals surface area contributed by atoms with Crippen molar-refractivity contribution in [2.24, 2.45) is 0 Å². The zero-order valence-electron chi connectivity index (χ0n) is 14.1. The summed E-state index contributed by atoms with van der Waals surface area (Å²) in [4.78, 5) is 4.52. The summed E-state index contributed by atoms with van der Waals surface area (Å²) >= 11 is 1.60. The molecule has 0 saturated carbocycles. The molecule has 0 unspecified atom stereocenters. The van der Waals surface area contributed by atoms with E-state index in [1.807, 2.05) is 11.4 Å². The van der Waals surface area contributed by atoms with Crippen LogP contribution in [-0.2, 0) is 10.0 Å². The molecule has 8 heteroatoms. The monoisotopic (exact) mass is 383 g/mol. The van der Waals surface area contributed by atoms with Gasteiger partial charge in [0.2, 0.25) is 10.0 Å². The molecule has 0 aliphatic carbocycles. The Bertz CT molecular complexity index is 788. The van der Waals surface area contributed by atoms with E-state index in [0.29, 0.717) is 0 Å².